The first kappa shape index (κ1) is 19.1. The van der Waals surface area contributed by atoms with Crippen LogP contribution in [-0.4, -0.2) is 58.1 Å². The summed E-state index contributed by atoms with van der Waals surface area (Å²) in [4.78, 5) is 20.8. The summed E-state index contributed by atoms with van der Waals surface area (Å²) in [6.07, 6.45) is 1.07. The number of aromatic nitrogens is 1. The van der Waals surface area contributed by atoms with E-state index in [4.69, 9.17) is 0 Å². The van der Waals surface area contributed by atoms with Crippen LogP contribution in [0.15, 0.2) is 5.38 Å². The van der Waals surface area contributed by atoms with E-state index in [2.05, 4.69) is 29.0 Å². The Morgan fingerprint density at radius 1 is 1.42 bits per heavy atom. The van der Waals surface area contributed by atoms with Gasteiger partial charge in [-0.3, -0.25) is 4.90 Å². The highest BCUT2D eigenvalue weighted by Gasteiger charge is 2.37. The van der Waals surface area contributed by atoms with Gasteiger partial charge in [0.05, 0.1) is 12.2 Å². The van der Waals surface area contributed by atoms with Gasteiger partial charge in [-0.15, -0.1) is 11.3 Å². The minimum Gasteiger partial charge on any atom is -0.383 e. The molecule has 0 radical (unpaired) electrons. The molecule has 1 aliphatic rings. The van der Waals surface area contributed by atoms with Crippen molar-refractivity contribution in [3.05, 3.63) is 16.1 Å². The smallest absolute Gasteiger partial charge is 0.317 e. The van der Waals surface area contributed by atoms with Gasteiger partial charge in [-0.2, -0.15) is 0 Å². The first-order valence-corrected chi connectivity index (χ1v) is 9.71. The minimum atomic E-state index is -0.910. The largest absolute Gasteiger partial charge is 0.383 e. The van der Waals surface area contributed by atoms with Crippen molar-refractivity contribution in [2.24, 2.45) is 0 Å². The van der Waals surface area contributed by atoms with Crippen molar-refractivity contribution in [1.82, 2.24) is 20.1 Å². The Morgan fingerprint density at radius 3 is 2.58 bits per heavy atom. The fraction of sp³-hybridized carbons (Fsp3) is 0.765. The first-order valence-electron chi connectivity index (χ1n) is 8.83. The Bertz CT molecular complexity index is 534. The van der Waals surface area contributed by atoms with Crippen molar-refractivity contribution in [2.75, 3.05) is 26.2 Å². The number of thiazole rings is 1. The number of hydrogen-bond acceptors (Lipinski definition) is 5. The summed E-state index contributed by atoms with van der Waals surface area (Å²) >= 11 is 1.61. The van der Waals surface area contributed by atoms with Crippen molar-refractivity contribution in [3.63, 3.8) is 0 Å². The first-order chi connectivity index (χ1) is 11.4. The Kier molecular flexibility index (Phi) is 6.60. The van der Waals surface area contributed by atoms with Gasteiger partial charge in [0.1, 0.15) is 10.6 Å². The number of urea groups is 1. The summed E-state index contributed by atoms with van der Waals surface area (Å²) in [5.41, 5.74) is -0.148. The van der Waals surface area contributed by atoms with E-state index in [1.807, 2.05) is 19.2 Å². The molecule has 0 spiro atoms. The maximum atomic E-state index is 12.1. The highest BCUT2D eigenvalue weighted by Crippen LogP contribution is 2.33. The Labute approximate surface area is 148 Å². The average molecular weight is 355 g/mol. The van der Waals surface area contributed by atoms with Gasteiger partial charge in [-0.05, 0) is 39.8 Å². The van der Waals surface area contributed by atoms with E-state index in [1.165, 1.54) is 0 Å². The number of amides is 2. The number of piperidine rings is 1. The minimum absolute atomic E-state index is 0.0486. The zero-order valence-electron chi connectivity index (χ0n) is 15.2. The molecule has 0 bridgehead atoms. The summed E-state index contributed by atoms with van der Waals surface area (Å²) < 4.78 is 0. The van der Waals surface area contributed by atoms with Crippen LogP contribution in [0.1, 0.15) is 51.2 Å². The van der Waals surface area contributed by atoms with Gasteiger partial charge >= 0.3 is 6.03 Å². The lowest BCUT2D eigenvalue weighted by molar-refractivity contribution is -0.0201. The van der Waals surface area contributed by atoms with Gasteiger partial charge in [0.2, 0.25) is 0 Å². The summed E-state index contributed by atoms with van der Waals surface area (Å²) in [6.45, 7) is 12.1. The molecule has 2 rings (SSSR count). The normalized spacial score (nSPS) is 17.5. The van der Waals surface area contributed by atoms with Gasteiger partial charge in [0.25, 0.3) is 0 Å². The SMILES string of the molecule is CCN(CC)Cc1nc(C2(O)CCN(C(=O)NC(C)C)CC2)cs1. The molecule has 136 valence electrons. The summed E-state index contributed by atoms with van der Waals surface area (Å²) in [5, 5.41) is 16.9. The molecule has 1 saturated heterocycles. The topological polar surface area (TPSA) is 68.7 Å². The van der Waals surface area contributed by atoms with Crippen LogP contribution in [0.2, 0.25) is 0 Å². The monoisotopic (exact) mass is 354 g/mol. The highest BCUT2D eigenvalue weighted by molar-refractivity contribution is 7.09. The molecule has 1 aromatic rings. The Morgan fingerprint density at radius 2 is 2.04 bits per heavy atom. The second-order valence-corrected chi connectivity index (χ2v) is 7.65. The molecule has 0 aromatic carbocycles. The van der Waals surface area contributed by atoms with E-state index in [1.54, 1.807) is 16.2 Å². The molecule has 7 heteroatoms. The van der Waals surface area contributed by atoms with Gasteiger partial charge in [-0.25, -0.2) is 9.78 Å². The fourth-order valence-electron chi connectivity index (χ4n) is 2.91. The third-order valence-corrected chi connectivity index (χ3v) is 5.41. The molecule has 0 aliphatic carbocycles. The molecule has 0 unspecified atom stereocenters. The number of nitrogens with zero attached hydrogens (tertiary/aromatic N) is 3. The maximum absolute atomic E-state index is 12.1. The molecule has 1 fully saturated rings. The number of carbonyl (C=O) groups is 1. The summed E-state index contributed by atoms with van der Waals surface area (Å²) in [7, 11) is 0. The van der Waals surface area contributed by atoms with E-state index in [-0.39, 0.29) is 12.1 Å². The molecular weight excluding hydrogens is 324 g/mol. The van der Waals surface area contributed by atoms with Crippen LogP contribution in [0.3, 0.4) is 0 Å². The Hall–Kier alpha value is -1.18. The number of rotatable bonds is 6. The molecule has 1 aromatic heterocycles. The van der Waals surface area contributed by atoms with Crippen LogP contribution in [0.25, 0.3) is 0 Å². The zero-order valence-corrected chi connectivity index (χ0v) is 16.0. The molecule has 0 saturated carbocycles. The third kappa shape index (κ3) is 4.68. The van der Waals surface area contributed by atoms with Crippen molar-refractivity contribution < 1.29 is 9.90 Å². The predicted octanol–water partition coefficient (Wildman–Crippen LogP) is 2.39. The van der Waals surface area contributed by atoms with Crippen molar-refractivity contribution in [2.45, 2.75) is 58.7 Å². The molecular formula is C17H30N4O2S. The average Bonchev–Trinajstić information content (AvgIpc) is 3.02. The van der Waals surface area contributed by atoms with E-state index in [9.17, 15) is 9.90 Å². The van der Waals surface area contributed by atoms with Crippen LogP contribution in [0.4, 0.5) is 4.79 Å². The van der Waals surface area contributed by atoms with Crippen molar-refractivity contribution >= 4 is 17.4 Å². The number of carbonyl (C=O) groups excluding carboxylic acids is 1. The van der Waals surface area contributed by atoms with E-state index in [0.717, 1.165) is 30.3 Å². The molecule has 2 amide bonds. The van der Waals surface area contributed by atoms with Crippen LogP contribution < -0.4 is 5.32 Å². The summed E-state index contributed by atoms with van der Waals surface area (Å²) in [6, 6.07) is 0.0760. The highest BCUT2D eigenvalue weighted by atomic mass is 32.1. The molecule has 2 N–H and O–H groups in total. The second-order valence-electron chi connectivity index (χ2n) is 6.71. The predicted molar refractivity (Wildman–Crippen MR) is 97.1 cm³/mol. The lowest BCUT2D eigenvalue weighted by atomic mass is 9.89. The van der Waals surface area contributed by atoms with Gasteiger partial charge in [-0.1, -0.05) is 13.8 Å². The molecule has 0 atom stereocenters. The second kappa shape index (κ2) is 8.27. The third-order valence-electron chi connectivity index (χ3n) is 4.57. The van der Waals surface area contributed by atoms with Crippen molar-refractivity contribution in [3.8, 4) is 0 Å². The number of likely N-dealkylation sites (tertiary alicyclic amines) is 1. The van der Waals surface area contributed by atoms with Gasteiger partial charge in [0.15, 0.2) is 0 Å². The van der Waals surface area contributed by atoms with E-state index in [0.29, 0.717) is 25.9 Å². The molecule has 6 nitrogen and oxygen atoms in total. The van der Waals surface area contributed by atoms with Crippen LogP contribution >= 0.6 is 11.3 Å². The quantitative estimate of drug-likeness (QED) is 0.823. The molecule has 2 heterocycles. The van der Waals surface area contributed by atoms with E-state index < -0.39 is 5.60 Å². The number of aliphatic hydroxyl groups is 1. The standard InChI is InChI=1S/C17H30N4O2S/c1-5-20(6-2)11-15-19-14(12-24-15)17(23)7-9-21(10-8-17)16(22)18-13(3)4/h12-13,23H,5-11H2,1-4H3,(H,18,22). The number of hydrogen-bond donors (Lipinski definition) is 2. The molecule has 1 aliphatic heterocycles. The molecule has 24 heavy (non-hydrogen) atoms. The Balaban J connectivity index is 1.96. The van der Waals surface area contributed by atoms with Crippen LogP contribution in [-0.2, 0) is 12.1 Å². The van der Waals surface area contributed by atoms with E-state index >= 15 is 0 Å². The van der Waals surface area contributed by atoms with Gasteiger partial charge < -0.3 is 15.3 Å². The fourth-order valence-corrected chi connectivity index (χ4v) is 3.84. The summed E-state index contributed by atoms with van der Waals surface area (Å²) in [5.74, 6) is 0. The lowest BCUT2D eigenvalue weighted by Crippen LogP contribution is -2.50. The van der Waals surface area contributed by atoms with Gasteiger partial charge in [0, 0.05) is 24.5 Å². The van der Waals surface area contributed by atoms with Crippen LogP contribution in [0, 0.1) is 0 Å². The number of nitrogens with one attached hydrogen (secondary N) is 1. The zero-order chi connectivity index (χ0) is 17.7. The van der Waals surface area contributed by atoms with Crippen LogP contribution in [0.5, 0.6) is 0 Å². The maximum Gasteiger partial charge on any atom is 0.317 e. The lowest BCUT2D eigenvalue weighted by Gasteiger charge is -2.37. The van der Waals surface area contributed by atoms with Crippen molar-refractivity contribution in [1.29, 1.82) is 0 Å².